The van der Waals surface area contributed by atoms with Gasteiger partial charge in [-0.3, -0.25) is 0 Å². The number of sulfone groups is 1. The average molecular weight is 233 g/mol. The van der Waals surface area contributed by atoms with Gasteiger partial charge in [0.15, 0.2) is 0 Å². The minimum Gasteiger partial charge on any atom is -0.314 e. The number of hydrogen-bond acceptors (Lipinski definition) is 3. The van der Waals surface area contributed by atoms with Crippen molar-refractivity contribution in [1.29, 1.82) is 0 Å². The minimum atomic E-state index is -2.77. The summed E-state index contributed by atoms with van der Waals surface area (Å²) >= 11 is 0. The van der Waals surface area contributed by atoms with Crippen molar-refractivity contribution < 1.29 is 8.42 Å². The van der Waals surface area contributed by atoms with E-state index in [1.807, 2.05) is 0 Å². The summed E-state index contributed by atoms with van der Waals surface area (Å²) in [5, 5.41) is 3.39. The summed E-state index contributed by atoms with van der Waals surface area (Å²) in [5.41, 5.74) is 0. The van der Waals surface area contributed by atoms with Gasteiger partial charge < -0.3 is 5.32 Å². The van der Waals surface area contributed by atoms with E-state index in [9.17, 15) is 8.42 Å². The fraction of sp³-hybridized carbons (Fsp3) is 1.00. The molecule has 1 fully saturated rings. The second-order valence-corrected chi connectivity index (χ2v) is 7.10. The van der Waals surface area contributed by atoms with Gasteiger partial charge in [-0.25, -0.2) is 8.42 Å². The fourth-order valence-electron chi connectivity index (χ4n) is 1.72. The molecule has 1 aliphatic carbocycles. The van der Waals surface area contributed by atoms with Gasteiger partial charge in [-0.05, 0) is 32.2 Å². The molecule has 4 heteroatoms. The molecule has 0 spiro atoms. The summed E-state index contributed by atoms with van der Waals surface area (Å²) in [6.07, 6.45) is 4.76. The lowest BCUT2D eigenvalue weighted by Gasteiger charge is -2.12. The van der Waals surface area contributed by atoms with Crippen LogP contribution in [0.5, 0.6) is 0 Å². The van der Waals surface area contributed by atoms with Crippen LogP contribution >= 0.6 is 0 Å². The van der Waals surface area contributed by atoms with Gasteiger partial charge >= 0.3 is 0 Å². The van der Waals surface area contributed by atoms with Gasteiger partial charge in [-0.1, -0.05) is 19.8 Å². The Balaban J connectivity index is 2.00. The van der Waals surface area contributed by atoms with Gasteiger partial charge in [0.05, 0.1) is 5.75 Å². The first-order chi connectivity index (χ1) is 7.03. The van der Waals surface area contributed by atoms with E-state index in [2.05, 4.69) is 12.2 Å². The van der Waals surface area contributed by atoms with E-state index < -0.39 is 9.84 Å². The van der Waals surface area contributed by atoms with Crippen LogP contribution in [0, 0.1) is 5.92 Å². The van der Waals surface area contributed by atoms with E-state index in [0.29, 0.717) is 11.8 Å². The van der Waals surface area contributed by atoms with E-state index in [4.69, 9.17) is 0 Å². The van der Waals surface area contributed by atoms with Crippen molar-refractivity contribution in [3.05, 3.63) is 0 Å². The quantitative estimate of drug-likeness (QED) is 0.648. The Morgan fingerprint density at radius 2 is 2.07 bits per heavy atom. The van der Waals surface area contributed by atoms with Crippen LogP contribution in [0.15, 0.2) is 0 Å². The highest BCUT2D eigenvalue weighted by Crippen LogP contribution is 2.33. The van der Waals surface area contributed by atoms with Gasteiger partial charge in [-0.2, -0.15) is 0 Å². The maximum atomic E-state index is 11.2. The summed E-state index contributed by atoms with van der Waals surface area (Å²) < 4.78 is 22.4. The predicted octanol–water partition coefficient (Wildman–Crippen LogP) is 1.59. The SMILES string of the molecule is CCS(=O)(=O)CCCNC(C)CC1CC1. The van der Waals surface area contributed by atoms with E-state index in [1.165, 1.54) is 19.3 Å². The molecule has 1 N–H and O–H groups in total. The molecule has 1 aliphatic rings. The third-order valence-electron chi connectivity index (χ3n) is 2.95. The molecule has 90 valence electrons. The lowest BCUT2D eigenvalue weighted by molar-refractivity contribution is 0.487. The van der Waals surface area contributed by atoms with Crippen molar-refractivity contribution in [2.45, 2.75) is 45.6 Å². The molecule has 0 aromatic heterocycles. The summed E-state index contributed by atoms with van der Waals surface area (Å²) in [6.45, 7) is 4.72. The molecule has 0 aliphatic heterocycles. The van der Waals surface area contributed by atoms with E-state index in [-0.39, 0.29) is 5.75 Å². The zero-order valence-corrected chi connectivity index (χ0v) is 10.6. The summed E-state index contributed by atoms with van der Waals surface area (Å²) in [7, 11) is -2.77. The van der Waals surface area contributed by atoms with Gasteiger partial charge in [0, 0.05) is 11.8 Å². The molecule has 3 nitrogen and oxygen atoms in total. The van der Waals surface area contributed by atoms with Crippen LogP contribution in [-0.2, 0) is 9.84 Å². The molecule has 15 heavy (non-hydrogen) atoms. The van der Waals surface area contributed by atoms with Crippen LogP contribution in [0.1, 0.15) is 39.5 Å². The summed E-state index contributed by atoms with van der Waals surface area (Å²) in [5.74, 6) is 1.53. The number of hydrogen-bond donors (Lipinski definition) is 1. The molecular formula is C11H23NO2S. The van der Waals surface area contributed by atoms with Gasteiger partial charge in [0.2, 0.25) is 0 Å². The molecule has 0 radical (unpaired) electrons. The molecule has 1 rings (SSSR count). The minimum absolute atomic E-state index is 0.268. The molecular weight excluding hydrogens is 210 g/mol. The lowest BCUT2D eigenvalue weighted by atomic mass is 10.1. The highest BCUT2D eigenvalue weighted by molar-refractivity contribution is 7.91. The summed E-state index contributed by atoms with van der Waals surface area (Å²) in [6, 6.07) is 0.543. The first-order valence-electron chi connectivity index (χ1n) is 5.97. The molecule has 1 atom stereocenters. The van der Waals surface area contributed by atoms with Crippen molar-refractivity contribution in [2.24, 2.45) is 5.92 Å². The third kappa shape index (κ3) is 6.15. The average Bonchev–Trinajstić information content (AvgIpc) is 2.96. The Morgan fingerprint density at radius 3 is 2.60 bits per heavy atom. The molecule has 0 bridgehead atoms. The Morgan fingerprint density at radius 1 is 1.40 bits per heavy atom. The van der Waals surface area contributed by atoms with Crippen molar-refractivity contribution in [3.8, 4) is 0 Å². The zero-order chi connectivity index (χ0) is 11.3. The van der Waals surface area contributed by atoms with Crippen LogP contribution in [0.3, 0.4) is 0 Å². The van der Waals surface area contributed by atoms with E-state index in [1.54, 1.807) is 6.92 Å². The standard InChI is InChI=1S/C11H23NO2S/c1-3-15(13,14)8-4-7-12-10(2)9-11-5-6-11/h10-12H,3-9H2,1-2H3. The topological polar surface area (TPSA) is 46.2 Å². The van der Waals surface area contributed by atoms with Crippen LogP contribution in [0.4, 0.5) is 0 Å². The van der Waals surface area contributed by atoms with Gasteiger partial charge in [0.25, 0.3) is 0 Å². The molecule has 0 saturated heterocycles. The fourth-order valence-corrected chi connectivity index (χ4v) is 2.59. The number of rotatable bonds is 8. The highest BCUT2D eigenvalue weighted by atomic mass is 32.2. The Bertz CT molecular complexity index is 270. The molecule has 0 aromatic carbocycles. The Hall–Kier alpha value is -0.0900. The van der Waals surface area contributed by atoms with Crippen molar-refractivity contribution >= 4 is 9.84 Å². The monoisotopic (exact) mass is 233 g/mol. The van der Waals surface area contributed by atoms with Crippen LogP contribution < -0.4 is 5.32 Å². The first-order valence-corrected chi connectivity index (χ1v) is 7.79. The highest BCUT2D eigenvalue weighted by Gasteiger charge is 2.23. The Kier molecular flexibility index (Phi) is 5.06. The van der Waals surface area contributed by atoms with Crippen LogP contribution in [0.25, 0.3) is 0 Å². The maximum absolute atomic E-state index is 11.2. The second kappa shape index (κ2) is 5.85. The van der Waals surface area contributed by atoms with Crippen molar-refractivity contribution in [3.63, 3.8) is 0 Å². The van der Waals surface area contributed by atoms with Gasteiger partial charge in [0.1, 0.15) is 9.84 Å². The van der Waals surface area contributed by atoms with Crippen LogP contribution in [-0.4, -0.2) is 32.5 Å². The summed E-state index contributed by atoms with van der Waals surface area (Å²) in [4.78, 5) is 0. The molecule has 1 saturated carbocycles. The molecule has 0 amide bonds. The molecule has 0 aromatic rings. The first kappa shape index (κ1) is 13.0. The lowest BCUT2D eigenvalue weighted by Crippen LogP contribution is -2.28. The van der Waals surface area contributed by atoms with Crippen molar-refractivity contribution in [2.75, 3.05) is 18.1 Å². The Labute approximate surface area is 93.6 Å². The van der Waals surface area contributed by atoms with E-state index in [0.717, 1.165) is 18.9 Å². The number of nitrogens with one attached hydrogen (secondary N) is 1. The van der Waals surface area contributed by atoms with E-state index >= 15 is 0 Å². The second-order valence-electron chi connectivity index (χ2n) is 4.62. The van der Waals surface area contributed by atoms with Crippen molar-refractivity contribution in [1.82, 2.24) is 5.32 Å². The zero-order valence-electron chi connectivity index (χ0n) is 9.83. The van der Waals surface area contributed by atoms with Gasteiger partial charge in [-0.15, -0.1) is 0 Å². The maximum Gasteiger partial charge on any atom is 0.150 e. The molecule has 0 heterocycles. The smallest absolute Gasteiger partial charge is 0.150 e. The normalized spacial score (nSPS) is 19.1. The largest absolute Gasteiger partial charge is 0.314 e. The third-order valence-corrected chi connectivity index (χ3v) is 4.74. The predicted molar refractivity (Wildman–Crippen MR) is 63.8 cm³/mol. The van der Waals surface area contributed by atoms with Crippen LogP contribution in [0.2, 0.25) is 0 Å². The molecule has 1 unspecified atom stereocenters.